The number of rotatable bonds is 10. The number of methoxy groups -OCH3 is 1. The van der Waals surface area contributed by atoms with Gasteiger partial charge < -0.3 is 19.0 Å². The molecule has 0 aliphatic carbocycles. The van der Waals surface area contributed by atoms with Crippen LogP contribution in [0.25, 0.3) is 11.0 Å². The van der Waals surface area contributed by atoms with E-state index in [1.807, 2.05) is 61.5 Å². The maximum absolute atomic E-state index is 13.3. The predicted molar refractivity (Wildman–Crippen MR) is 125 cm³/mol. The van der Waals surface area contributed by atoms with Crippen LogP contribution in [-0.2, 0) is 27.5 Å². The minimum absolute atomic E-state index is 0.174. The molecule has 0 N–H and O–H groups in total. The lowest BCUT2D eigenvalue weighted by Crippen LogP contribution is -2.31. The second kappa shape index (κ2) is 9.93. The van der Waals surface area contributed by atoms with Crippen LogP contribution >= 0.6 is 0 Å². The van der Waals surface area contributed by atoms with Gasteiger partial charge in [-0.1, -0.05) is 35.5 Å². The van der Waals surface area contributed by atoms with Crippen LogP contribution in [0.5, 0.6) is 0 Å². The summed E-state index contributed by atoms with van der Waals surface area (Å²) in [4.78, 5) is 27.4. The van der Waals surface area contributed by atoms with Crippen molar-refractivity contribution in [2.45, 2.75) is 19.5 Å². The first-order valence-corrected chi connectivity index (χ1v) is 10.8. The van der Waals surface area contributed by atoms with Gasteiger partial charge in [0.2, 0.25) is 0 Å². The predicted octanol–water partition coefficient (Wildman–Crippen LogP) is 2.90. The number of amides is 1. The SMILES string of the molecule is COCCCn1c(CN2C(=O)/C(=N/OCCN(C)C)c3ccccc32)nc2ccccc21. The summed E-state index contributed by atoms with van der Waals surface area (Å²) in [7, 11) is 5.63. The molecule has 0 radical (unpaired) electrons. The number of benzene rings is 2. The molecular formula is C24H29N5O3. The van der Waals surface area contributed by atoms with E-state index in [1.165, 1.54) is 0 Å². The number of carbonyl (C=O) groups is 1. The van der Waals surface area contributed by atoms with E-state index in [9.17, 15) is 4.79 Å². The molecule has 3 aromatic rings. The van der Waals surface area contributed by atoms with Gasteiger partial charge in [-0.3, -0.25) is 9.69 Å². The lowest BCUT2D eigenvalue weighted by Gasteiger charge is -2.17. The molecule has 4 rings (SSSR count). The van der Waals surface area contributed by atoms with Gasteiger partial charge >= 0.3 is 0 Å². The molecule has 168 valence electrons. The van der Waals surface area contributed by atoms with Gasteiger partial charge in [-0.25, -0.2) is 4.98 Å². The third-order valence-corrected chi connectivity index (χ3v) is 5.45. The van der Waals surface area contributed by atoms with E-state index in [2.05, 4.69) is 15.8 Å². The minimum atomic E-state index is -0.174. The summed E-state index contributed by atoms with van der Waals surface area (Å²) < 4.78 is 7.41. The number of para-hydroxylation sites is 3. The monoisotopic (exact) mass is 435 g/mol. The van der Waals surface area contributed by atoms with Crippen LogP contribution in [0.15, 0.2) is 53.7 Å². The summed E-state index contributed by atoms with van der Waals surface area (Å²) in [6.07, 6.45) is 0.862. The van der Waals surface area contributed by atoms with E-state index >= 15 is 0 Å². The van der Waals surface area contributed by atoms with Gasteiger partial charge in [0.15, 0.2) is 5.71 Å². The Kier molecular flexibility index (Phi) is 6.82. The van der Waals surface area contributed by atoms with Gasteiger partial charge in [0.25, 0.3) is 5.91 Å². The Morgan fingerprint density at radius 2 is 1.84 bits per heavy atom. The summed E-state index contributed by atoms with van der Waals surface area (Å²) in [6.45, 7) is 2.93. The molecule has 0 atom stereocenters. The highest BCUT2D eigenvalue weighted by atomic mass is 16.6. The molecule has 1 aromatic heterocycles. The van der Waals surface area contributed by atoms with Gasteiger partial charge in [-0.2, -0.15) is 0 Å². The fraction of sp³-hybridized carbons (Fsp3) is 0.375. The second-order valence-electron chi connectivity index (χ2n) is 8.00. The van der Waals surface area contributed by atoms with Gasteiger partial charge in [-0.15, -0.1) is 0 Å². The fourth-order valence-corrected chi connectivity index (χ4v) is 3.84. The van der Waals surface area contributed by atoms with E-state index in [0.717, 1.165) is 47.6 Å². The van der Waals surface area contributed by atoms with Crippen molar-refractivity contribution in [2.24, 2.45) is 5.16 Å². The maximum Gasteiger partial charge on any atom is 0.281 e. The molecule has 0 spiro atoms. The van der Waals surface area contributed by atoms with Crippen molar-refractivity contribution in [3.63, 3.8) is 0 Å². The van der Waals surface area contributed by atoms with Crippen molar-refractivity contribution in [1.82, 2.24) is 14.5 Å². The summed E-state index contributed by atoms with van der Waals surface area (Å²) >= 11 is 0. The van der Waals surface area contributed by atoms with Crippen LogP contribution in [0.2, 0.25) is 0 Å². The van der Waals surface area contributed by atoms with E-state index in [4.69, 9.17) is 14.6 Å². The number of imidazole rings is 1. The van der Waals surface area contributed by atoms with Crippen molar-refractivity contribution >= 4 is 28.3 Å². The average Bonchev–Trinajstić information content (AvgIpc) is 3.27. The highest BCUT2D eigenvalue weighted by Crippen LogP contribution is 2.31. The first-order chi connectivity index (χ1) is 15.6. The summed E-state index contributed by atoms with van der Waals surface area (Å²) in [5.74, 6) is 0.659. The van der Waals surface area contributed by atoms with E-state index in [1.54, 1.807) is 12.0 Å². The highest BCUT2D eigenvalue weighted by Gasteiger charge is 2.35. The average molecular weight is 436 g/mol. The number of oxime groups is 1. The van der Waals surface area contributed by atoms with Gasteiger partial charge in [0.1, 0.15) is 12.4 Å². The molecule has 1 aliphatic rings. The molecule has 8 heteroatoms. The van der Waals surface area contributed by atoms with Crippen LogP contribution in [-0.4, -0.2) is 67.0 Å². The molecule has 0 saturated heterocycles. The largest absolute Gasteiger partial charge is 0.394 e. The maximum atomic E-state index is 13.3. The lowest BCUT2D eigenvalue weighted by atomic mass is 10.1. The second-order valence-corrected chi connectivity index (χ2v) is 8.00. The van der Waals surface area contributed by atoms with E-state index in [-0.39, 0.29) is 5.91 Å². The van der Waals surface area contributed by atoms with E-state index < -0.39 is 0 Å². The molecule has 1 amide bonds. The standard InChI is InChI=1S/C24H29N5O3/c1-27(2)14-16-32-26-23-18-9-4-6-11-20(18)29(24(23)30)17-22-25-19-10-5-7-12-21(19)28(22)13-8-15-31-3/h4-7,9-12H,8,13-17H2,1-3H3/b26-23+. The summed E-state index contributed by atoms with van der Waals surface area (Å²) in [5.41, 5.74) is 3.91. The Labute approximate surface area is 188 Å². The van der Waals surface area contributed by atoms with Crippen LogP contribution < -0.4 is 4.90 Å². The van der Waals surface area contributed by atoms with Crippen molar-refractivity contribution in [3.05, 3.63) is 59.9 Å². The van der Waals surface area contributed by atoms with Crippen molar-refractivity contribution in [1.29, 1.82) is 0 Å². The van der Waals surface area contributed by atoms with Crippen LogP contribution in [0.3, 0.4) is 0 Å². The molecule has 0 fully saturated rings. The molecule has 1 aliphatic heterocycles. The molecule has 0 saturated carbocycles. The third-order valence-electron chi connectivity index (χ3n) is 5.45. The fourth-order valence-electron chi connectivity index (χ4n) is 3.84. The smallest absolute Gasteiger partial charge is 0.281 e. The number of likely N-dealkylation sites (N-methyl/N-ethyl adjacent to an activating group) is 1. The number of fused-ring (bicyclic) bond motifs is 2. The lowest BCUT2D eigenvalue weighted by molar-refractivity contribution is -0.112. The van der Waals surface area contributed by atoms with E-state index in [0.29, 0.717) is 25.5 Å². The Bertz CT molecular complexity index is 1120. The van der Waals surface area contributed by atoms with Crippen LogP contribution in [0, 0.1) is 0 Å². The van der Waals surface area contributed by atoms with Crippen LogP contribution in [0.1, 0.15) is 17.8 Å². The summed E-state index contributed by atoms with van der Waals surface area (Å²) in [5, 5.41) is 4.19. The quantitative estimate of drug-likeness (QED) is 0.362. The Balaban J connectivity index is 1.63. The first kappa shape index (κ1) is 22.0. The topological polar surface area (TPSA) is 72.2 Å². The zero-order valence-corrected chi connectivity index (χ0v) is 18.8. The number of aromatic nitrogens is 2. The first-order valence-electron chi connectivity index (χ1n) is 10.8. The van der Waals surface area contributed by atoms with Crippen molar-refractivity contribution in [2.75, 3.05) is 45.9 Å². The Morgan fingerprint density at radius 1 is 1.06 bits per heavy atom. The number of ether oxygens (including phenoxy) is 1. The molecule has 0 bridgehead atoms. The Hall–Kier alpha value is -3.23. The molecular weight excluding hydrogens is 406 g/mol. The normalized spacial score (nSPS) is 14.7. The number of hydrogen-bond donors (Lipinski definition) is 0. The molecule has 32 heavy (non-hydrogen) atoms. The van der Waals surface area contributed by atoms with Crippen molar-refractivity contribution < 1.29 is 14.4 Å². The third kappa shape index (κ3) is 4.51. The number of aryl methyl sites for hydroxylation is 1. The van der Waals surface area contributed by atoms with Gasteiger partial charge in [0, 0.05) is 32.4 Å². The number of hydrogen-bond acceptors (Lipinski definition) is 6. The molecule has 0 unspecified atom stereocenters. The van der Waals surface area contributed by atoms with Crippen molar-refractivity contribution in [3.8, 4) is 0 Å². The zero-order valence-electron chi connectivity index (χ0n) is 18.8. The van der Waals surface area contributed by atoms with Gasteiger partial charge in [0.05, 0.1) is 23.3 Å². The highest BCUT2D eigenvalue weighted by molar-refractivity contribution is 6.54. The summed E-state index contributed by atoms with van der Waals surface area (Å²) in [6, 6.07) is 15.7. The number of carbonyl (C=O) groups excluding carboxylic acids is 1. The van der Waals surface area contributed by atoms with Crippen LogP contribution in [0.4, 0.5) is 5.69 Å². The molecule has 2 aromatic carbocycles. The molecule has 8 nitrogen and oxygen atoms in total. The zero-order chi connectivity index (χ0) is 22.5. The van der Waals surface area contributed by atoms with Gasteiger partial charge in [-0.05, 0) is 38.7 Å². The molecule has 2 heterocycles. The number of anilines is 1. The number of nitrogens with zero attached hydrogens (tertiary/aromatic N) is 5. The minimum Gasteiger partial charge on any atom is -0.394 e. The Morgan fingerprint density at radius 3 is 2.66 bits per heavy atom.